The van der Waals surface area contributed by atoms with Crippen LogP contribution in [0.15, 0.2) is 0 Å². The summed E-state index contributed by atoms with van der Waals surface area (Å²) in [6.45, 7) is 2.17. The van der Waals surface area contributed by atoms with Crippen molar-refractivity contribution in [3.8, 4) is 0 Å². The van der Waals surface area contributed by atoms with Gasteiger partial charge in [-0.15, -0.1) is 0 Å². The van der Waals surface area contributed by atoms with Crippen LogP contribution in [0.5, 0.6) is 0 Å². The summed E-state index contributed by atoms with van der Waals surface area (Å²) in [4.78, 5) is 11.2. The molecule has 0 radical (unpaired) electrons. The van der Waals surface area contributed by atoms with E-state index in [1.807, 2.05) is 0 Å². The zero-order chi connectivity index (χ0) is 11.0. The van der Waals surface area contributed by atoms with Gasteiger partial charge in [-0.1, -0.05) is 13.8 Å². The highest BCUT2D eigenvalue weighted by Gasteiger charge is 2.51. The van der Waals surface area contributed by atoms with Gasteiger partial charge in [0.15, 0.2) is 0 Å². The van der Waals surface area contributed by atoms with Crippen LogP contribution in [-0.4, -0.2) is 24.7 Å². The van der Waals surface area contributed by atoms with Gasteiger partial charge in [0.2, 0.25) is 0 Å². The third kappa shape index (κ3) is 2.08. The number of hydrogen-bond donors (Lipinski definition) is 0. The first-order chi connectivity index (χ1) is 6.29. The molecule has 0 bridgehead atoms. The first-order valence-corrected chi connectivity index (χ1v) is 4.51. The summed E-state index contributed by atoms with van der Waals surface area (Å²) in [6.07, 6.45) is -4.25. The molecule has 2 atom stereocenters. The van der Waals surface area contributed by atoms with Crippen molar-refractivity contribution in [1.29, 1.82) is 0 Å². The maximum atomic E-state index is 11.8. The Bertz CT molecular complexity index is 237. The monoisotopic (exact) mass is 210 g/mol. The van der Waals surface area contributed by atoms with E-state index < -0.39 is 24.3 Å². The summed E-state index contributed by atoms with van der Waals surface area (Å²) in [5.74, 6) is -0.00725. The number of hydrogen-bond acceptors (Lipinski definition) is 2. The molecule has 0 spiro atoms. The Hall–Kier alpha value is -0.580. The molecule has 82 valence electrons. The van der Waals surface area contributed by atoms with E-state index in [9.17, 15) is 18.0 Å². The fourth-order valence-electron chi connectivity index (χ4n) is 1.54. The molecular formula is C9H13F3O2. The van der Waals surface area contributed by atoms with Crippen molar-refractivity contribution in [2.24, 2.45) is 5.41 Å². The van der Waals surface area contributed by atoms with Crippen LogP contribution in [0.25, 0.3) is 0 Å². The summed E-state index contributed by atoms with van der Waals surface area (Å²) in [7, 11) is 0. The quantitative estimate of drug-likeness (QED) is 0.714. The molecule has 2 unspecified atom stereocenters. The Kier molecular flexibility index (Phi) is 2.90. The van der Waals surface area contributed by atoms with E-state index >= 15 is 0 Å². The number of halogens is 3. The Morgan fingerprint density at radius 2 is 2.14 bits per heavy atom. The van der Waals surface area contributed by atoms with Crippen LogP contribution in [0.2, 0.25) is 0 Å². The highest BCUT2D eigenvalue weighted by molar-refractivity contribution is 5.91. The lowest BCUT2D eigenvalue weighted by Gasteiger charge is -2.44. The fourth-order valence-corrected chi connectivity index (χ4v) is 1.54. The largest absolute Gasteiger partial charge is 0.411 e. The van der Waals surface area contributed by atoms with Crippen LogP contribution in [0, 0.1) is 5.41 Å². The smallest absolute Gasteiger partial charge is 0.367 e. The van der Waals surface area contributed by atoms with Crippen molar-refractivity contribution in [1.82, 2.24) is 0 Å². The van der Waals surface area contributed by atoms with Crippen LogP contribution >= 0.6 is 0 Å². The zero-order valence-electron chi connectivity index (χ0n) is 8.15. The second kappa shape index (κ2) is 3.53. The van der Waals surface area contributed by atoms with Gasteiger partial charge in [-0.25, -0.2) is 0 Å². The van der Waals surface area contributed by atoms with Gasteiger partial charge >= 0.3 is 6.18 Å². The third-order valence-corrected chi connectivity index (χ3v) is 2.90. The van der Waals surface area contributed by atoms with Gasteiger partial charge < -0.3 is 4.74 Å². The molecule has 0 saturated heterocycles. The lowest BCUT2D eigenvalue weighted by Crippen LogP contribution is -2.53. The maximum absolute atomic E-state index is 11.8. The van der Waals surface area contributed by atoms with E-state index in [1.165, 1.54) is 0 Å². The molecule has 1 rings (SSSR count). The number of carbonyl (C=O) groups excluding carboxylic acids is 1. The predicted octanol–water partition coefficient (Wildman–Crippen LogP) is 2.32. The van der Waals surface area contributed by atoms with E-state index in [2.05, 4.69) is 4.74 Å². The topological polar surface area (TPSA) is 26.3 Å². The fraction of sp³-hybridized carbons (Fsp3) is 0.889. The van der Waals surface area contributed by atoms with Crippen molar-refractivity contribution in [3.63, 3.8) is 0 Å². The SMILES string of the molecule is CCC1(C)C(=O)CC1OCC(F)(F)F. The van der Waals surface area contributed by atoms with Gasteiger partial charge in [-0.2, -0.15) is 13.2 Å². The second-order valence-corrected chi connectivity index (χ2v) is 3.81. The molecule has 1 aliphatic rings. The van der Waals surface area contributed by atoms with Gasteiger partial charge in [0.05, 0.1) is 11.5 Å². The number of alkyl halides is 3. The molecule has 5 heteroatoms. The van der Waals surface area contributed by atoms with Crippen molar-refractivity contribution >= 4 is 5.78 Å². The van der Waals surface area contributed by atoms with Crippen LogP contribution in [-0.2, 0) is 9.53 Å². The second-order valence-electron chi connectivity index (χ2n) is 3.81. The summed E-state index contributed by atoms with van der Waals surface area (Å²) in [6, 6.07) is 0. The van der Waals surface area contributed by atoms with E-state index in [4.69, 9.17) is 0 Å². The van der Waals surface area contributed by atoms with Gasteiger partial charge in [-0.05, 0) is 6.42 Å². The number of Topliss-reactive ketones (excluding diaryl/α,β-unsaturated/α-hetero) is 1. The normalized spacial score (nSPS) is 32.9. The predicted molar refractivity (Wildman–Crippen MR) is 43.8 cm³/mol. The number of carbonyl (C=O) groups is 1. The lowest BCUT2D eigenvalue weighted by molar-refractivity contribution is -0.212. The number of ether oxygens (including phenoxy) is 1. The molecule has 0 aromatic carbocycles. The molecule has 1 aliphatic carbocycles. The maximum Gasteiger partial charge on any atom is 0.411 e. The Morgan fingerprint density at radius 1 is 1.57 bits per heavy atom. The molecular weight excluding hydrogens is 197 g/mol. The van der Waals surface area contributed by atoms with Crippen molar-refractivity contribution in [2.75, 3.05) is 6.61 Å². The third-order valence-electron chi connectivity index (χ3n) is 2.90. The standard InChI is InChI=1S/C9H13F3O2/c1-3-8(2)6(13)4-7(8)14-5-9(10,11)12/h7H,3-5H2,1-2H3. The minimum absolute atomic E-state index is 0.00725. The summed E-state index contributed by atoms with van der Waals surface area (Å²) in [5.41, 5.74) is -0.703. The zero-order valence-corrected chi connectivity index (χ0v) is 8.15. The van der Waals surface area contributed by atoms with Crippen LogP contribution in [0.1, 0.15) is 26.7 Å². The number of rotatable bonds is 3. The summed E-state index contributed by atoms with van der Waals surface area (Å²) in [5, 5.41) is 0. The molecule has 0 heterocycles. The average molecular weight is 210 g/mol. The van der Waals surface area contributed by atoms with Crippen molar-refractivity contribution in [2.45, 2.75) is 39.0 Å². The molecule has 0 aliphatic heterocycles. The van der Waals surface area contributed by atoms with Crippen LogP contribution in [0.3, 0.4) is 0 Å². The van der Waals surface area contributed by atoms with Gasteiger partial charge in [0.1, 0.15) is 12.4 Å². The average Bonchev–Trinajstić information content (AvgIpc) is 2.08. The minimum Gasteiger partial charge on any atom is -0.367 e. The first-order valence-electron chi connectivity index (χ1n) is 4.51. The first kappa shape index (κ1) is 11.5. The summed E-state index contributed by atoms with van der Waals surface area (Å²) < 4.78 is 40.1. The molecule has 1 fully saturated rings. The van der Waals surface area contributed by atoms with Crippen molar-refractivity contribution < 1.29 is 22.7 Å². The highest BCUT2D eigenvalue weighted by atomic mass is 19.4. The molecule has 0 amide bonds. The Morgan fingerprint density at radius 3 is 2.50 bits per heavy atom. The van der Waals surface area contributed by atoms with Crippen LogP contribution in [0.4, 0.5) is 13.2 Å². The highest BCUT2D eigenvalue weighted by Crippen LogP contribution is 2.42. The Labute approximate surface area is 80.4 Å². The van der Waals surface area contributed by atoms with E-state index in [1.54, 1.807) is 13.8 Å². The molecule has 2 nitrogen and oxygen atoms in total. The number of ketones is 1. The molecule has 14 heavy (non-hydrogen) atoms. The van der Waals surface area contributed by atoms with Gasteiger partial charge in [-0.3, -0.25) is 4.79 Å². The van der Waals surface area contributed by atoms with E-state index in [-0.39, 0.29) is 12.2 Å². The molecule has 0 aromatic heterocycles. The molecule has 1 saturated carbocycles. The van der Waals surface area contributed by atoms with E-state index in [0.717, 1.165) is 0 Å². The van der Waals surface area contributed by atoms with Crippen molar-refractivity contribution in [3.05, 3.63) is 0 Å². The van der Waals surface area contributed by atoms with Gasteiger partial charge in [0, 0.05) is 6.42 Å². The Balaban J connectivity index is 2.45. The lowest BCUT2D eigenvalue weighted by atomic mass is 9.64. The minimum atomic E-state index is -4.31. The molecule has 0 aromatic rings. The van der Waals surface area contributed by atoms with Crippen LogP contribution < -0.4 is 0 Å². The van der Waals surface area contributed by atoms with Gasteiger partial charge in [0.25, 0.3) is 0 Å². The van der Waals surface area contributed by atoms with E-state index in [0.29, 0.717) is 6.42 Å². The summed E-state index contributed by atoms with van der Waals surface area (Å²) >= 11 is 0. The molecule has 0 N–H and O–H groups in total.